The van der Waals surface area contributed by atoms with E-state index < -0.39 is 0 Å². The molecule has 0 spiro atoms. The molecule has 0 bridgehead atoms. The molecule has 0 amide bonds. The third-order valence-corrected chi connectivity index (χ3v) is 5.67. The zero-order valence-electron chi connectivity index (χ0n) is 14.8. The second-order valence-electron chi connectivity index (χ2n) is 7.46. The Morgan fingerprint density at radius 3 is 2.24 bits per heavy atom. The molecule has 0 atom stereocenters. The van der Waals surface area contributed by atoms with Crippen molar-refractivity contribution in [3.63, 3.8) is 0 Å². The van der Waals surface area contributed by atoms with Gasteiger partial charge < -0.3 is 9.31 Å². The molecule has 0 N–H and O–H groups in total. The molecule has 4 nitrogen and oxygen atoms in total. The highest BCUT2D eigenvalue weighted by Gasteiger charge is 2.51. The van der Waals surface area contributed by atoms with Crippen molar-refractivity contribution in [1.82, 2.24) is 9.78 Å². The Labute approximate surface area is 156 Å². The first-order chi connectivity index (χ1) is 11.7. The van der Waals surface area contributed by atoms with Crippen molar-refractivity contribution < 1.29 is 9.31 Å². The lowest BCUT2D eigenvalue weighted by Crippen LogP contribution is -2.41. The molecule has 1 aromatic heterocycles. The van der Waals surface area contributed by atoms with Crippen molar-refractivity contribution in [2.45, 2.75) is 38.9 Å². The predicted octanol–water partition coefficient (Wildman–Crippen LogP) is 4.09. The summed E-state index contributed by atoms with van der Waals surface area (Å²) >= 11 is 3.46. The highest BCUT2D eigenvalue weighted by Crippen LogP contribution is 2.36. The first-order valence-corrected chi connectivity index (χ1v) is 9.15. The molecule has 0 radical (unpaired) electrons. The van der Waals surface area contributed by atoms with E-state index in [0.717, 1.165) is 26.5 Å². The fourth-order valence-corrected chi connectivity index (χ4v) is 3.16. The fraction of sp³-hybridized carbons (Fsp3) is 0.316. The molecule has 1 aliphatic heterocycles. The molecule has 4 rings (SSSR count). The summed E-state index contributed by atoms with van der Waals surface area (Å²) in [6.07, 6.45) is 2.04. The van der Waals surface area contributed by atoms with E-state index in [9.17, 15) is 0 Å². The van der Waals surface area contributed by atoms with Gasteiger partial charge in [-0.1, -0.05) is 28.1 Å². The van der Waals surface area contributed by atoms with Gasteiger partial charge in [0.1, 0.15) is 0 Å². The molecule has 2 heterocycles. The summed E-state index contributed by atoms with van der Waals surface area (Å²) in [5.41, 5.74) is 2.31. The SMILES string of the molecule is CC1(C)OB(c2ccc3nn(-c4ccc(Br)cc4)cc3c2)OC1(C)C. The van der Waals surface area contributed by atoms with Gasteiger partial charge in [-0.15, -0.1) is 0 Å². The maximum absolute atomic E-state index is 6.15. The maximum atomic E-state index is 6.15. The van der Waals surface area contributed by atoms with E-state index in [2.05, 4.69) is 54.8 Å². The number of fused-ring (bicyclic) bond motifs is 1. The zero-order valence-corrected chi connectivity index (χ0v) is 16.4. The summed E-state index contributed by atoms with van der Waals surface area (Å²) in [7, 11) is -0.356. The number of benzene rings is 2. The molecular formula is C19H20BBrN2O2. The van der Waals surface area contributed by atoms with Gasteiger partial charge in [-0.05, 0) is 63.5 Å². The highest BCUT2D eigenvalue weighted by atomic mass is 79.9. The highest BCUT2D eigenvalue weighted by molar-refractivity contribution is 9.10. The molecule has 6 heteroatoms. The minimum Gasteiger partial charge on any atom is -0.399 e. The number of halogens is 1. The van der Waals surface area contributed by atoms with E-state index in [4.69, 9.17) is 9.31 Å². The van der Waals surface area contributed by atoms with Crippen molar-refractivity contribution in [2.75, 3.05) is 0 Å². The Balaban J connectivity index is 1.68. The molecular weight excluding hydrogens is 379 g/mol. The second-order valence-corrected chi connectivity index (χ2v) is 8.37. The fourth-order valence-electron chi connectivity index (χ4n) is 2.90. The summed E-state index contributed by atoms with van der Waals surface area (Å²) < 4.78 is 15.2. The summed E-state index contributed by atoms with van der Waals surface area (Å²) in [5.74, 6) is 0. The van der Waals surface area contributed by atoms with Crippen LogP contribution in [0.15, 0.2) is 53.1 Å². The van der Waals surface area contributed by atoms with Gasteiger partial charge in [-0.2, -0.15) is 5.10 Å². The Morgan fingerprint density at radius 2 is 1.60 bits per heavy atom. The average Bonchev–Trinajstić information content (AvgIpc) is 3.05. The van der Waals surface area contributed by atoms with Crippen molar-refractivity contribution in [3.05, 3.63) is 53.1 Å². The topological polar surface area (TPSA) is 36.3 Å². The van der Waals surface area contributed by atoms with E-state index in [1.54, 1.807) is 0 Å². The van der Waals surface area contributed by atoms with Crippen molar-refractivity contribution in [2.24, 2.45) is 0 Å². The maximum Gasteiger partial charge on any atom is 0.494 e. The number of hydrogen-bond donors (Lipinski definition) is 0. The largest absolute Gasteiger partial charge is 0.494 e. The summed E-state index contributed by atoms with van der Waals surface area (Å²) in [5, 5.41) is 5.72. The van der Waals surface area contributed by atoms with Gasteiger partial charge in [0.15, 0.2) is 0 Å². The van der Waals surface area contributed by atoms with Crippen LogP contribution in [0.2, 0.25) is 0 Å². The van der Waals surface area contributed by atoms with Crippen LogP contribution in [-0.4, -0.2) is 28.1 Å². The summed E-state index contributed by atoms with van der Waals surface area (Å²) in [6.45, 7) is 8.27. The van der Waals surface area contributed by atoms with Crippen molar-refractivity contribution in [3.8, 4) is 5.69 Å². The lowest BCUT2D eigenvalue weighted by molar-refractivity contribution is 0.00578. The quantitative estimate of drug-likeness (QED) is 0.610. The van der Waals surface area contributed by atoms with Crippen LogP contribution in [0.1, 0.15) is 27.7 Å². The third kappa shape index (κ3) is 2.92. The molecule has 0 aliphatic carbocycles. The summed E-state index contributed by atoms with van der Waals surface area (Å²) in [6, 6.07) is 14.2. The minimum absolute atomic E-state index is 0.339. The molecule has 2 aromatic carbocycles. The molecule has 1 fully saturated rings. The molecule has 3 aromatic rings. The first-order valence-electron chi connectivity index (χ1n) is 8.36. The first kappa shape index (κ1) is 16.8. The lowest BCUT2D eigenvalue weighted by atomic mass is 9.79. The molecule has 0 unspecified atom stereocenters. The zero-order chi connectivity index (χ0) is 17.8. The Kier molecular flexibility index (Phi) is 3.83. The average molecular weight is 399 g/mol. The van der Waals surface area contributed by atoms with E-state index in [1.165, 1.54) is 0 Å². The number of hydrogen-bond acceptors (Lipinski definition) is 3. The molecule has 128 valence electrons. The molecule has 25 heavy (non-hydrogen) atoms. The smallest absolute Gasteiger partial charge is 0.399 e. The molecule has 1 saturated heterocycles. The monoisotopic (exact) mass is 398 g/mol. The van der Waals surface area contributed by atoms with Crippen LogP contribution in [0.5, 0.6) is 0 Å². The van der Waals surface area contributed by atoms with Crippen molar-refractivity contribution in [1.29, 1.82) is 0 Å². The van der Waals surface area contributed by atoms with Crippen LogP contribution >= 0.6 is 15.9 Å². The van der Waals surface area contributed by atoms with E-state index in [1.807, 2.05) is 47.3 Å². The van der Waals surface area contributed by atoms with Crippen molar-refractivity contribution >= 4 is 39.4 Å². The van der Waals surface area contributed by atoms with Gasteiger partial charge in [-0.3, -0.25) is 0 Å². The molecule has 0 saturated carbocycles. The van der Waals surface area contributed by atoms with Gasteiger partial charge in [0.25, 0.3) is 0 Å². The number of rotatable bonds is 2. The van der Waals surface area contributed by atoms with Gasteiger partial charge in [0, 0.05) is 16.1 Å². The van der Waals surface area contributed by atoms with Gasteiger partial charge in [0.2, 0.25) is 0 Å². The molecule has 1 aliphatic rings. The van der Waals surface area contributed by atoms with Crippen LogP contribution in [-0.2, 0) is 9.31 Å². The second kappa shape index (κ2) is 5.69. The summed E-state index contributed by atoms with van der Waals surface area (Å²) in [4.78, 5) is 0. The number of nitrogens with zero attached hydrogens (tertiary/aromatic N) is 2. The van der Waals surface area contributed by atoms with E-state index in [0.29, 0.717) is 0 Å². The van der Waals surface area contributed by atoms with Crippen LogP contribution in [0, 0.1) is 0 Å². The van der Waals surface area contributed by atoms with Gasteiger partial charge in [0.05, 0.1) is 22.4 Å². The lowest BCUT2D eigenvalue weighted by Gasteiger charge is -2.32. The normalized spacial score (nSPS) is 18.8. The van der Waals surface area contributed by atoms with Gasteiger partial charge in [-0.25, -0.2) is 4.68 Å². The van der Waals surface area contributed by atoms with Crippen LogP contribution in [0.3, 0.4) is 0 Å². The number of aromatic nitrogens is 2. The standard InChI is InChI=1S/C19H20BBrN2O2/c1-18(2)19(3,4)25-20(24-18)14-5-10-17-13(11-14)12-23(22-17)16-8-6-15(21)7-9-16/h5-12H,1-4H3. The van der Waals surface area contributed by atoms with Crippen LogP contribution in [0.4, 0.5) is 0 Å². The minimum atomic E-state index is -0.356. The Hall–Kier alpha value is -1.63. The Bertz CT molecular complexity index is 918. The third-order valence-electron chi connectivity index (χ3n) is 5.15. The van der Waals surface area contributed by atoms with Crippen LogP contribution < -0.4 is 5.46 Å². The van der Waals surface area contributed by atoms with Crippen LogP contribution in [0.25, 0.3) is 16.6 Å². The van der Waals surface area contributed by atoms with E-state index in [-0.39, 0.29) is 18.3 Å². The Morgan fingerprint density at radius 1 is 0.960 bits per heavy atom. The predicted molar refractivity (Wildman–Crippen MR) is 104 cm³/mol. The van der Waals surface area contributed by atoms with E-state index >= 15 is 0 Å². The van der Waals surface area contributed by atoms with Gasteiger partial charge >= 0.3 is 7.12 Å².